The van der Waals surface area contributed by atoms with E-state index in [-0.39, 0.29) is 11.5 Å². The summed E-state index contributed by atoms with van der Waals surface area (Å²) < 4.78 is 11.4. The third-order valence-electron chi connectivity index (χ3n) is 4.08. The van der Waals surface area contributed by atoms with Crippen LogP contribution >= 0.6 is 0 Å². The number of benzene rings is 1. The van der Waals surface area contributed by atoms with Gasteiger partial charge in [-0.25, -0.2) is 4.79 Å². The van der Waals surface area contributed by atoms with Crippen LogP contribution in [0.2, 0.25) is 0 Å². The molecule has 5 nitrogen and oxygen atoms in total. The van der Waals surface area contributed by atoms with E-state index in [9.17, 15) is 4.79 Å². The number of hydrogen-bond donors (Lipinski definition) is 1. The lowest BCUT2D eigenvalue weighted by atomic mass is 9.88. The van der Waals surface area contributed by atoms with Crippen molar-refractivity contribution in [3.63, 3.8) is 0 Å². The molecule has 1 aromatic carbocycles. The number of hydrogen-bond acceptors (Lipinski definition) is 4. The van der Waals surface area contributed by atoms with Gasteiger partial charge < -0.3 is 14.8 Å². The highest BCUT2D eigenvalue weighted by molar-refractivity contribution is 5.68. The summed E-state index contributed by atoms with van der Waals surface area (Å²) in [5.41, 5.74) is 1.66. The minimum absolute atomic E-state index is 0.00935. The minimum Gasteiger partial charge on any atom is -0.490 e. The van der Waals surface area contributed by atoms with Gasteiger partial charge in [0.05, 0.1) is 12.2 Å². The number of nitrogens with zero attached hydrogens (tertiary/aromatic N) is 1. The molecule has 2 aromatic rings. The van der Waals surface area contributed by atoms with Crippen molar-refractivity contribution in [3.05, 3.63) is 59.9 Å². The van der Waals surface area contributed by atoms with Gasteiger partial charge in [0.15, 0.2) is 0 Å². The topological polar surface area (TPSA) is 60.5 Å². The molecule has 2 rings (SSSR count). The number of carbonyl (C=O) groups excluding carboxylic acids is 1. The summed E-state index contributed by atoms with van der Waals surface area (Å²) in [5, 5.41) is 2.93. The first-order valence-electron chi connectivity index (χ1n) is 9.65. The number of rotatable bonds is 6. The van der Waals surface area contributed by atoms with E-state index in [1.807, 2.05) is 63.4 Å². The van der Waals surface area contributed by atoms with Crippen LogP contribution in [0.1, 0.15) is 52.7 Å². The molecule has 28 heavy (non-hydrogen) atoms. The summed E-state index contributed by atoms with van der Waals surface area (Å²) >= 11 is 0. The van der Waals surface area contributed by atoms with Crippen LogP contribution < -0.4 is 10.1 Å². The highest BCUT2D eigenvalue weighted by Gasteiger charge is 2.21. The smallest absolute Gasteiger partial charge is 0.408 e. The Morgan fingerprint density at radius 1 is 1.07 bits per heavy atom. The van der Waals surface area contributed by atoms with Crippen LogP contribution in [0.3, 0.4) is 0 Å². The largest absolute Gasteiger partial charge is 0.490 e. The van der Waals surface area contributed by atoms with Gasteiger partial charge in [0.25, 0.3) is 0 Å². The molecule has 0 spiro atoms. The first-order valence-corrected chi connectivity index (χ1v) is 9.65. The van der Waals surface area contributed by atoms with Crippen LogP contribution in [0.5, 0.6) is 5.75 Å². The lowest BCUT2D eigenvalue weighted by Gasteiger charge is -2.24. The summed E-state index contributed by atoms with van der Waals surface area (Å²) in [6, 6.07) is 11.8. The summed E-state index contributed by atoms with van der Waals surface area (Å²) in [4.78, 5) is 16.5. The molecule has 0 fully saturated rings. The summed E-state index contributed by atoms with van der Waals surface area (Å²) in [5.74, 6) is 0.691. The molecule has 1 aromatic heterocycles. The molecule has 0 saturated heterocycles. The molecule has 0 radical (unpaired) electrons. The highest BCUT2D eigenvalue weighted by atomic mass is 16.6. The molecule has 1 atom stereocenters. The number of ether oxygens (including phenoxy) is 2. The van der Waals surface area contributed by atoms with Crippen molar-refractivity contribution in [1.82, 2.24) is 10.3 Å². The summed E-state index contributed by atoms with van der Waals surface area (Å²) in [7, 11) is 0. The summed E-state index contributed by atoms with van der Waals surface area (Å²) in [6.45, 7) is 12.3. The lowest BCUT2D eigenvalue weighted by Crippen LogP contribution is -2.43. The predicted molar refractivity (Wildman–Crippen MR) is 112 cm³/mol. The number of carbonyl (C=O) groups is 1. The normalized spacial score (nSPS) is 12.9. The zero-order chi connectivity index (χ0) is 20.8. The molecule has 0 bridgehead atoms. The van der Waals surface area contributed by atoms with Gasteiger partial charge in [0.1, 0.15) is 18.0 Å². The zero-order valence-corrected chi connectivity index (χ0v) is 17.8. The van der Waals surface area contributed by atoms with Crippen molar-refractivity contribution in [2.24, 2.45) is 0 Å². The highest BCUT2D eigenvalue weighted by Crippen LogP contribution is 2.24. The zero-order valence-electron chi connectivity index (χ0n) is 17.8. The van der Waals surface area contributed by atoms with Gasteiger partial charge in [0, 0.05) is 6.20 Å². The van der Waals surface area contributed by atoms with Crippen LogP contribution in [-0.2, 0) is 16.6 Å². The van der Waals surface area contributed by atoms with Crippen LogP contribution in [0.25, 0.3) is 0 Å². The van der Waals surface area contributed by atoms with Crippen molar-refractivity contribution in [1.29, 1.82) is 0 Å². The summed E-state index contributed by atoms with van der Waals surface area (Å²) in [6.07, 6.45) is 3.75. The molecular formula is C23H32N2O3. The predicted octanol–water partition coefficient (Wildman–Crippen LogP) is 4.89. The molecule has 1 N–H and O–H groups in total. The van der Waals surface area contributed by atoms with E-state index < -0.39 is 11.7 Å². The van der Waals surface area contributed by atoms with Gasteiger partial charge in [-0.05, 0) is 49.8 Å². The number of aromatic nitrogens is 1. The lowest BCUT2D eigenvalue weighted by molar-refractivity contribution is 0.0487. The fraction of sp³-hybridized carbons (Fsp3) is 0.478. The van der Waals surface area contributed by atoms with Crippen molar-refractivity contribution in [2.75, 3.05) is 6.61 Å². The standard InChI is InChI=1S/C23H32N2O3/c1-22(2,3)18-13-20(15-24-14-18)27-16-19(12-17-10-8-7-9-11-17)25-21(26)28-23(4,5)6/h7-11,13-15,19H,12,16H2,1-6H3,(H,25,26)/t19-/m0/s1. The number of alkyl carbamates (subject to hydrolysis) is 1. The fourth-order valence-corrected chi connectivity index (χ4v) is 2.63. The van der Waals surface area contributed by atoms with Crippen LogP contribution in [0.15, 0.2) is 48.8 Å². The number of nitrogens with one attached hydrogen (secondary N) is 1. The molecule has 1 amide bonds. The molecule has 0 unspecified atom stereocenters. The van der Waals surface area contributed by atoms with E-state index in [1.54, 1.807) is 6.20 Å². The third kappa shape index (κ3) is 7.59. The quantitative estimate of drug-likeness (QED) is 0.770. The van der Waals surface area contributed by atoms with Gasteiger partial charge in [-0.3, -0.25) is 4.98 Å². The Labute approximate surface area is 168 Å². The fourth-order valence-electron chi connectivity index (χ4n) is 2.63. The maximum atomic E-state index is 12.3. The molecule has 152 valence electrons. The van der Waals surface area contributed by atoms with E-state index >= 15 is 0 Å². The number of amides is 1. The van der Waals surface area contributed by atoms with Gasteiger partial charge in [-0.15, -0.1) is 0 Å². The van der Waals surface area contributed by atoms with Gasteiger partial charge in [-0.2, -0.15) is 0 Å². The Morgan fingerprint density at radius 3 is 2.36 bits per heavy atom. The molecular weight excluding hydrogens is 352 g/mol. The molecule has 0 aliphatic carbocycles. The van der Waals surface area contributed by atoms with Crippen LogP contribution in [0.4, 0.5) is 4.79 Å². The first-order chi connectivity index (χ1) is 13.0. The molecule has 5 heteroatoms. The van der Waals surface area contributed by atoms with Crippen LogP contribution in [0, 0.1) is 0 Å². The van der Waals surface area contributed by atoms with Crippen molar-refractivity contribution in [2.45, 2.75) is 65.0 Å². The second-order valence-electron chi connectivity index (χ2n) is 9.00. The SMILES string of the molecule is CC(C)(C)OC(=O)N[C@H](COc1cncc(C(C)(C)C)c1)Cc1ccccc1. The van der Waals surface area contributed by atoms with Gasteiger partial charge in [0.2, 0.25) is 0 Å². The Kier molecular flexibility index (Phi) is 7.05. The monoisotopic (exact) mass is 384 g/mol. The first kappa shape index (κ1) is 21.7. The van der Waals surface area contributed by atoms with Gasteiger partial charge in [-0.1, -0.05) is 51.1 Å². The van der Waals surface area contributed by atoms with Crippen molar-refractivity contribution >= 4 is 6.09 Å². The average molecular weight is 385 g/mol. The van der Waals surface area contributed by atoms with Crippen LogP contribution in [-0.4, -0.2) is 29.3 Å². The maximum absolute atomic E-state index is 12.3. The second kappa shape index (κ2) is 9.09. The molecule has 1 heterocycles. The Bertz CT molecular complexity index is 761. The molecule has 0 saturated carbocycles. The molecule has 0 aliphatic heterocycles. The molecule has 0 aliphatic rings. The van der Waals surface area contributed by atoms with E-state index in [0.717, 1.165) is 11.1 Å². The third-order valence-corrected chi connectivity index (χ3v) is 4.08. The van der Waals surface area contributed by atoms with Gasteiger partial charge >= 0.3 is 6.09 Å². The minimum atomic E-state index is -0.548. The second-order valence-corrected chi connectivity index (χ2v) is 9.00. The van der Waals surface area contributed by atoms with Crippen molar-refractivity contribution in [3.8, 4) is 5.75 Å². The number of pyridine rings is 1. The van der Waals surface area contributed by atoms with E-state index in [1.165, 1.54) is 0 Å². The van der Waals surface area contributed by atoms with Crippen molar-refractivity contribution < 1.29 is 14.3 Å². The maximum Gasteiger partial charge on any atom is 0.408 e. The van der Waals surface area contributed by atoms with E-state index in [2.05, 4.69) is 31.1 Å². The van der Waals surface area contributed by atoms with E-state index in [0.29, 0.717) is 18.8 Å². The average Bonchev–Trinajstić information content (AvgIpc) is 2.58. The Hall–Kier alpha value is -2.56. The Morgan fingerprint density at radius 2 is 1.75 bits per heavy atom. The van der Waals surface area contributed by atoms with E-state index in [4.69, 9.17) is 9.47 Å². The Balaban J connectivity index is 2.07.